The molecular weight excluding hydrogens is 1160 g/mol. The number of piperidine rings is 4. The van der Waals surface area contributed by atoms with E-state index in [1.54, 1.807) is 27.7 Å². The van der Waals surface area contributed by atoms with Gasteiger partial charge >= 0.3 is 23.9 Å². The third-order valence-corrected chi connectivity index (χ3v) is 19.6. The average molecular weight is 1280 g/mol. The Morgan fingerprint density at radius 2 is 0.554 bits per heavy atom. The fourth-order valence-corrected chi connectivity index (χ4v) is 17.1. The molecule has 4 aliphatic rings. The maximum absolute atomic E-state index is 14.6. The third-order valence-electron chi connectivity index (χ3n) is 19.6. The lowest BCUT2D eigenvalue weighted by atomic mass is 9.76. The Bertz CT molecular complexity index is 2390. The molecule has 4 saturated heterocycles. The minimum absolute atomic E-state index is 0.178. The van der Waals surface area contributed by atoms with Crippen LogP contribution in [0.3, 0.4) is 0 Å². The highest BCUT2D eigenvalue weighted by Crippen LogP contribution is 2.42. The predicted octanol–water partition coefficient (Wildman–Crippen LogP) is 13.9. The van der Waals surface area contributed by atoms with E-state index < -0.39 is 48.0 Å². The first-order valence-corrected chi connectivity index (χ1v) is 35.3. The highest BCUT2D eigenvalue weighted by Gasteiger charge is 2.47. The zero-order valence-corrected chi connectivity index (χ0v) is 60.7. The van der Waals surface area contributed by atoms with E-state index in [-0.39, 0.29) is 105 Å². The minimum atomic E-state index is -1.00. The van der Waals surface area contributed by atoms with Crippen LogP contribution in [0.5, 0.6) is 0 Å². The molecule has 0 radical (unpaired) electrons. The van der Waals surface area contributed by atoms with E-state index in [9.17, 15) is 28.8 Å². The van der Waals surface area contributed by atoms with Crippen molar-refractivity contribution in [2.75, 3.05) is 0 Å². The van der Waals surface area contributed by atoms with Crippen LogP contribution in [0.1, 0.15) is 290 Å². The Balaban J connectivity index is 1.08. The molecule has 2 aromatic rings. The number of benzene rings is 2. The first-order valence-electron chi connectivity index (χ1n) is 35.3. The summed E-state index contributed by atoms with van der Waals surface area (Å²) in [6.07, 6.45) is 12.3. The second-order valence-corrected chi connectivity index (χ2v) is 33.7. The Kier molecular flexibility index (Phi) is 25.9. The van der Waals surface area contributed by atoms with Crippen molar-refractivity contribution in [2.24, 2.45) is 0 Å². The number of carbonyl (C=O) groups is 6. The van der Waals surface area contributed by atoms with Crippen molar-refractivity contribution in [2.45, 2.75) is 372 Å². The SMILES string of the molecule is CC(C(=O)OC1CC(C)(C)NC(C)(C)C1)N(C(=O)CCCCCCC(c1ccccc1)C(CCCCCCC(=O)N(C(C)C(=O)OC1CC(C)(C)NC(C)(C)C1)C(C)C(=O)OC1CC(C)(C)NC(C)(C)C1)c1ccccc1)C(C)C(=O)OC1CC(C)(C)NC(C)(C)C1. The van der Waals surface area contributed by atoms with Crippen LogP contribution in [-0.2, 0) is 47.7 Å². The fourth-order valence-electron chi connectivity index (χ4n) is 17.1. The van der Waals surface area contributed by atoms with Gasteiger partial charge in [0.2, 0.25) is 11.8 Å². The van der Waals surface area contributed by atoms with Gasteiger partial charge < -0.3 is 50.0 Å². The van der Waals surface area contributed by atoms with Gasteiger partial charge in [-0.3, -0.25) is 9.59 Å². The third kappa shape index (κ3) is 23.2. The molecule has 518 valence electrons. The Morgan fingerprint density at radius 3 is 0.772 bits per heavy atom. The maximum atomic E-state index is 14.6. The van der Waals surface area contributed by atoms with Crippen molar-refractivity contribution in [1.29, 1.82) is 0 Å². The summed E-state index contributed by atoms with van der Waals surface area (Å²) in [5.41, 5.74) is 0.506. The topological polar surface area (TPSA) is 194 Å². The van der Waals surface area contributed by atoms with Crippen LogP contribution in [0.4, 0.5) is 0 Å². The van der Waals surface area contributed by atoms with E-state index in [0.717, 1.165) is 51.4 Å². The number of hydrogen-bond donors (Lipinski definition) is 4. The summed E-state index contributed by atoms with van der Waals surface area (Å²) >= 11 is 0. The lowest BCUT2D eigenvalue weighted by Crippen LogP contribution is -2.61. The number of amides is 2. The number of esters is 4. The van der Waals surface area contributed by atoms with Crippen LogP contribution in [0.15, 0.2) is 60.7 Å². The van der Waals surface area contributed by atoms with Crippen LogP contribution < -0.4 is 21.3 Å². The molecule has 2 amide bonds. The van der Waals surface area contributed by atoms with E-state index in [0.29, 0.717) is 64.2 Å². The molecule has 0 aliphatic carbocycles. The zero-order valence-electron chi connectivity index (χ0n) is 60.7. The van der Waals surface area contributed by atoms with Gasteiger partial charge in [0.1, 0.15) is 48.6 Å². The standard InChI is InChI=1S/C76H124N6O10/c1-51(65(85)89-57-43-69(5,6)77-70(7,8)44-57)81(52(2)66(86)90-58-45-71(9,10)78-72(11,12)46-58)63(83)41-33-23-21-31-39-61(55-35-27-25-28-36-55)62(56-37-29-26-30-38-56)40-32-22-24-34-42-64(84)82(53(3)67(87)91-59-47-73(13,14)79-74(15,16)48-59)54(4)68(88)92-60-49-75(17,18)80-76(19,20)50-60/h25-30,35-38,51-54,57-62,77-80H,21-24,31-34,39-50H2,1-20H3. The van der Waals surface area contributed by atoms with Gasteiger partial charge in [0, 0.05) is 109 Å². The molecule has 4 N–H and O–H groups in total. The van der Waals surface area contributed by atoms with Crippen molar-refractivity contribution >= 4 is 35.7 Å². The second-order valence-electron chi connectivity index (χ2n) is 33.7. The number of hydrogen-bond acceptors (Lipinski definition) is 14. The monoisotopic (exact) mass is 1280 g/mol. The number of nitrogens with zero attached hydrogens (tertiary/aromatic N) is 2. The first-order chi connectivity index (χ1) is 42.6. The molecule has 0 saturated carbocycles. The molecule has 2 aromatic carbocycles. The summed E-state index contributed by atoms with van der Waals surface area (Å²) < 4.78 is 24.9. The number of carbonyl (C=O) groups excluding carboxylic acids is 6. The number of rotatable bonds is 29. The average Bonchev–Trinajstić information content (AvgIpc) is 0.876. The molecule has 4 fully saturated rings. The van der Waals surface area contributed by atoms with E-state index in [2.05, 4.69) is 193 Å². The van der Waals surface area contributed by atoms with Gasteiger partial charge in [-0.1, -0.05) is 99.2 Å². The maximum Gasteiger partial charge on any atom is 0.328 e. The molecule has 4 aliphatic heterocycles. The van der Waals surface area contributed by atoms with Crippen LogP contribution in [-0.4, -0.2) is 138 Å². The first kappa shape index (κ1) is 76.1. The van der Waals surface area contributed by atoms with Crippen molar-refractivity contribution in [3.63, 3.8) is 0 Å². The molecule has 6 atom stereocenters. The second kappa shape index (κ2) is 31.3. The fraction of sp³-hybridized carbons (Fsp3) is 0.763. The lowest BCUT2D eigenvalue weighted by molar-refractivity contribution is -0.171. The van der Waals surface area contributed by atoms with Crippen LogP contribution in [0.25, 0.3) is 0 Å². The van der Waals surface area contributed by atoms with Crippen molar-refractivity contribution < 1.29 is 47.7 Å². The van der Waals surface area contributed by atoms with Gasteiger partial charge in [0.05, 0.1) is 0 Å². The summed E-state index contributed by atoms with van der Waals surface area (Å²) in [5, 5.41) is 14.6. The zero-order chi connectivity index (χ0) is 68.4. The molecular formula is C76H124N6O10. The summed E-state index contributed by atoms with van der Waals surface area (Å²) in [6.45, 7) is 40.4. The molecule has 92 heavy (non-hydrogen) atoms. The predicted molar refractivity (Wildman–Crippen MR) is 367 cm³/mol. The van der Waals surface area contributed by atoms with Crippen LogP contribution in [0, 0.1) is 0 Å². The van der Waals surface area contributed by atoms with Crippen molar-refractivity contribution in [1.82, 2.24) is 31.1 Å². The van der Waals surface area contributed by atoms with E-state index in [4.69, 9.17) is 18.9 Å². The number of unbranched alkanes of at least 4 members (excludes halogenated alkanes) is 6. The van der Waals surface area contributed by atoms with Gasteiger partial charge in [-0.2, -0.15) is 0 Å². The van der Waals surface area contributed by atoms with Gasteiger partial charge in [0.25, 0.3) is 0 Å². The Labute approximate surface area is 555 Å². The molecule has 16 nitrogen and oxygen atoms in total. The van der Waals surface area contributed by atoms with E-state index in [1.165, 1.54) is 20.9 Å². The smallest absolute Gasteiger partial charge is 0.328 e. The highest BCUT2D eigenvalue weighted by molar-refractivity contribution is 5.90. The van der Waals surface area contributed by atoms with Crippen molar-refractivity contribution in [3.05, 3.63) is 71.8 Å². The summed E-state index contributed by atoms with van der Waals surface area (Å²) in [6, 6.07) is 17.5. The highest BCUT2D eigenvalue weighted by atomic mass is 16.6. The summed E-state index contributed by atoms with van der Waals surface area (Å²) in [5.74, 6) is -2.16. The van der Waals surface area contributed by atoms with Gasteiger partial charge in [-0.15, -0.1) is 0 Å². The van der Waals surface area contributed by atoms with E-state index >= 15 is 0 Å². The van der Waals surface area contributed by atoms with Gasteiger partial charge in [-0.05, 0) is 187 Å². The normalized spacial score (nSPS) is 22.9. The summed E-state index contributed by atoms with van der Waals surface area (Å²) in [4.78, 5) is 88.6. The number of nitrogens with one attached hydrogen (secondary N) is 4. The lowest BCUT2D eigenvalue weighted by Gasteiger charge is -2.46. The molecule has 4 heterocycles. The quantitative estimate of drug-likeness (QED) is 0.0341. The van der Waals surface area contributed by atoms with Crippen LogP contribution in [0.2, 0.25) is 0 Å². The largest absolute Gasteiger partial charge is 0.461 e. The molecule has 0 aromatic heterocycles. The molecule has 6 unspecified atom stereocenters. The van der Waals surface area contributed by atoms with E-state index in [1.807, 2.05) is 0 Å². The van der Waals surface area contributed by atoms with Gasteiger partial charge in [-0.25, -0.2) is 19.2 Å². The van der Waals surface area contributed by atoms with Crippen LogP contribution >= 0.6 is 0 Å². The van der Waals surface area contributed by atoms with Gasteiger partial charge in [0.15, 0.2) is 0 Å². The molecule has 0 spiro atoms. The number of ether oxygens (including phenoxy) is 4. The van der Waals surface area contributed by atoms with Crippen molar-refractivity contribution in [3.8, 4) is 0 Å². The molecule has 6 rings (SSSR count). The molecule has 16 heteroatoms. The molecule has 0 bridgehead atoms. The minimum Gasteiger partial charge on any atom is -0.461 e. The Hall–Kier alpha value is -4.90. The Morgan fingerprint density at radius 1 is 0.348 bits per heavy atom. The summed E-state index contributed by atoms with van der Waals surface area (Å²) in [7, 11) is 0.